The van der Waals surface area contributed by atoms with Gasteiger partial charge in [0, 0.05) is 43.7 Å². The van der Waals surface area contributed by atoms with Crippen LogP contribution in [0.2, 0.25) is 0 Å². The summed E-state index contributed by atoms with van der Waals surface area (Å²) in [5.74, 6) is -0.172. The molecule has 0 spiro atoms. The standard InChI is InChI=1S/C21H34N6O5/c1-20(2,3)32-19(28)25-11-9-24(10-12-25)16-5-7-23(8-6-16)14-21(4)15-26-13-17(27(29)30)22-18(26)31-21/h13,16H,5-12,14-15H2,1-4H3/t21-/m0/s1. The van der Waals surface area contributed by atoms with Crippen LogP contribution >= 0.6 is 0 Å². The first-order valence-corrected chi connectivity index (χ1v) is 11.4. The highest BCUT2D eigenvalue weighted by Crippen LogP contribution is 2.32. The van der Waals surface area contributed by atoms with Gasteiger partial charge in [0.15, 0.2) is 0 Å². The summed E-state index contributed by atoms with van der Waals surface area (Å²) in [5, 5.41) is 10.9. The summed E-state index contributed by atoms with van der Waals surface area (Å²) in [7, 11) is 0. The van der Waals surface area contributed by atoms with Gasteiger partial charge in [0.25, 0.3) is 0 Å². The van der Waals surface area contributed by atoms with Crippen molar-refractivity contribution in [1.29, 1.82) is 0 Å². The summed E-state index contributed by atoms with van der Waals surface area (Å²) < 4.78 is 13.2. The summed E-state index contributed by atoms with van der Waals surface area (Å²) in [4.78, 5) is 33.4. The zero-order valence-electron chi connectivity index (χ0n) is 19.5. The lowest BCUT2D eigenvalue weighted by Crippen LogP contribution is -2.56. The van der Waals surface area contributed by atoms with E-state index in [0.717, 1.165) is 45.6 Å². The van der Waals surface area contributed by atoms with Crippen molar-refractivity contribution in [3.63, 3.8) is 0 Å². The number of fused-ring (bicyclic) bond motifs is 1. The smallest absolute Gasteiger partial charge is 0.415 e. The molecule has 0 radical (unpaired) electrons. The highest BCUT2D eigenvalue weighted by atomic mass is 16.6. The highest BCUT2D eigenvalue weighted by molar-refractivity contribution is 5.68. The van der Waals surface area contributed by atoms with Gasteiger partial charge in [-0.3, -0.25) is 14.4 Å². The van der Waals surface area contributed by atoms with E-state index in [0.29, 0.717) is 31.7 Å². The Morgan fingerprint density at radius 2 is 1.91 bits per heavy atom. The first-order chi connectivity index (χ1) is 15.0. The van der Waals surface area contributed by atoms with Crippen LogP contribution in [0.4, 0.5) is 10.6 Å². The first-order valence-electron chi connectivity index (χ1n) is 11.4. The van der Waals surface area contributed by atoms with Crippen LogP contribution in [-0.4, -0.2) is 98.3 Å². The molecule has 0 bridgehead atoms. The van der Waals surface area contributed by atoms with Crippen LogP contribution in [0.1, 0.15) is 40.5 Å². The van der Waals surface area contributed by atoms with Gasteiger partial charge >= 0.3 is 17.9 Å². The van der Waals surface area contributed by atoms with Crippen LogP contribution in [0.15, 0.2) is 6.20 Å². The largest absolute Gasteiger partial charge is 0.444 e. The number of nitro groups is 1. The average molecular weight is 451 g/mol. The summed E-state index contributed by atoms with van der Waals surface area (Å²) >= 11 is 0. The number of piperidine rings is 1. The molecule has 2 saturated heterocycles. The van der Waals surface area contributed by atoms with Crippen molar-refractivity contribution in [3.8, 4) is 6.01 Å². The molecule has 0 aliphatic carbocycles. The van der Waals surface area contributed by atoms with Gasteiger partial charge in [-0.05, 0) is 58.5 Å². The van der Waals surface area contributed by atoms with Gasteiger partial charge in [-0.25, -0.2) is 4.79 Å². The summed E-state index contributed by atoms with van der Waals surface area (Å²) in [5.41, 5.74) is -0.892. The zero-order valence-corrected chi connectivity index (χ0v) is 19.5. The molecule has 4 rings (SSSR count). The molecular formula is C21H34N6O5. The third-order valence-electron chi connectivity index (χ3n) is 6.35. The number of amides is 1. The van der Waals surface area contributed by atoms with Gasteiger partial charge in [-0.2, -0.15) is 0 Å². The fourth-order valence-corrected chi connectivity index (χ4v) is 4.88. The summed E-state index contributed by atoms with van der Waals surface area (Å²) in [6.07, 6.45) is 3.39. The van der Waals surface area contributed by atoms with E-state index in [1.807, 2.05) is 32.6 Å². The number of imidazole rings is 1. The van der Waals surface area contributed by atoms with Crippen LogP contribution in [0.5, 0.6) is 6.01 Å². The fraction of sp³-hybridized carbons (Fsp3) is 0.810. The van der Waals surface area contributed by atoms with Crippen LogP contribution in [0.3, 0.4) is 0 Å². The number of piperazine rings is 1. The molecule has 11 nitrogen and oxygen atoms in total. The molecule has 1 amide bonds. The lowest BCUT2D eigenvalue weighted by Gasteiger charge is -2.43. The summed E-state index contributed by atoms with van der Waals surface area (Å²) in [6, 6.07) is 0.861. The van der Waals surface area contributed by atoms with Crippen molar-refractivity contribution < 1.29 is 19.2 Å². The Bertz CT molecular complexity index is 826. The maximum atomic E-state index is 12.3. The van der Waals surface area contributed by atoms with E-state index in [9.17, 15) is 14.9 Å². The average Bonchev–Trinajstić information content (AvgIpc) is 3.22. The molecule has 0 unspecified atom stereocenters. The van der Waals surface area contributed by atoms with Gasteiger partial charge < -0.3 is 24.5 Å². The molecule has 2 fully saturated rings. The van der Waals surface area contributed by atoms with Crippen LogP contribution in [-0.2, 0) is 11.3 Å². The molecule has 4 heterocycles. The zero-order chi connectivity index (χ0) is 23.1. The fourth-order valence-electron chi connectivity index (χ4n) is 4.88. The van der Waals surface area contributed by atoms with Crippen molar-refractivity contribution >= 4 is 11.9 Å². The number of likely N-dealkylation sites (tertiary alicyclic amines) is 1. The van der Waals surface area contributed by atoms with Crippen molar-refractivity contribution in [3.05, 3.63) is 16.3 Å². The predicted molar refractivity (Wildman–Crippen MR) is 117 cm³/mol. The minimum Gasteiger partial charge on any atom is -0.444 e. The Balaban J connectivity index is 1.21. The third-order valence-corrected chi connectivity index (χ3v) is 6.35. The lowest BCUT2D eigenvalue weighted by atomic mass is 9.99. The quantitative estimate of drug-likeness (QED) is 0.506. The Labute approximate surface area is 188 Å². The molecule has 178 valence electrons. The molecule has 0 N–H and O–H groups in total. The van der Waals surface area contributed by atoms with E-state index in [2.05, 4.69) is 14.8 Å². The molecule has 32 heavy (non-hydrogen) atoms. The third kappa shape index (κ3) is 5.15. The normalized spacial score (nSPS) is 25.4. The van der Waals surface area contributed by atoms with Crippen molar-refractivity contribution in [2.75, 3.05) is 45.8 Å². The molecule has 1 aromatic rings. The number of nitrogens with zero attached hydrogens (tertiary/aromatic N) is 6. The highest BCUT2D eigenvalue weighted by Gasteiger charge is 2.42. The monoisotopic (exact) mass is 450 g/mol. The molecule has 11 heteroatoms. The number of carbonyl (C=O) groups excluding carboxylic acids is 1. The Morgan fingerprint density at radius 1 is 1.25 bits per heavy atom. The predicted octanol–water partition coefficient (Wildman–Crippen LogP) is 1.96. The molecular weight excluding hydrogens is 416 g/mol. The van der Waals surface area contributed by atoms with Crippen molar-refractivity contribution in [1.82, 2.24) is 24.3 Å². The maximum absolute atomic E-state index is 12.3. The SMILES string of the molecule is CC(C)(C)OC(=O)N1CCN(C2CCN(C[C@@]3(C)Cn4cc([N+](=O)[O-])nc4O3)CC2)CC1. The molecule has 1 atom stereocenters. The van der Waals surface area contributed by atoms with Crippen molar-refractivity contribution in [2.24, 2.45) is 0 Å². The second-order valence-corrected chi connectivity index (χ2v) is 10.3. The summed E-state index contributed by atoms with van der Waals surface area (Å²) in [6.45, 7) is 14.2. The number of aromatic nitrogens is 2. The van der Waals surface area contributed by atoms with Crippen LogP contribution in [0.25, 0.3) is 0 Å². The molecule has 0 saturated carbocycles. The number of carbonyl (C=O) groups is 1. The number of ether oxygens (including phenoxy) is 2. The van der Waals surface area contributed by atoms with Gasteiger partial charge in [0.05, 0.1) is 6.54 Å². The maximum Gasteiger partial charge on any atom is 0.415 e. The van der Waals surface area contributed by atoms with Crippen LogP contribution in [0, 0.1) is 10.1 Å². The van der Waals surface area contributed by atoms with E-state index < -0.39 is 16.1 Å². The minimum absolute atomic E-state index is 0.172. The van der Waals surface area contributed by atoms with E-state index in [-0.39, 0.29) is 11.9 Å². The van der Waals surface area contributed by atoms with E-state index in [1.165, 1.54) is 6.20 Å². The molecule has 3 aliphatic heterocycles. The number of hydrogen-bond donors (Lipinski definition) is 0. The van der Waals surface area contributed by atoms with E-state index in [4.69, 9.17) is 9.47 Å². The van der Waals surface area contributed by atoms with Gasteiger partial charge in [0.1, 0.15) is 17.4 Å². The Hall–Kier alpha value is -2.40. The first kappa shape index (κ1) is 22.8. The number of rotatable bonds is 4. The number of hydrogen-bond acceptors (Lipinski definition) is 8. The van der Waals surface area contributed by atoms with Crippen LogP contribution < -0.4 is 4.74 Å². The minimum atomic E-state index is -0.496. The molecule has 1 aromatic heterocycles. The van der Waals surface area contributed by atoms with Crippen molar-refractivity contribution in [2.45, 2.75) is 64.3 Å². The van der Waals surface area contributed by atoms with Gasteiger partial charge in [-0.15, -0.1) is 0 Å². The Kier molecular flexibility index (Phi) is 6.06. The van der Waals surface area contributed by atoms with E-state index in [1.54, 1.807) is 4.57 Å². The van der Waals surface area contributed by atoms with Gasteiger partial charge in [-0.1, -0.05) is 0 Å². The van der Waals surface area contributed by atoms with Gasteiger partial charge in [0.2, 0.25) is 0 Å². The lowest BCUT2D eigenvalue weighted by molar-refractivity contribution is -0.389. The molecule has 3 aliphatic rings. The van der Waals surface area contributed by atoms with E-state index >= 15 is 0 Å². The Morgan fingerprint density at radius 3 is 2.47 bits per heavy atom. The second-order valence-electron chi connectivity index (χ2n) is 10.3. The topological polar surface area (TPSA) is 106 Å². The second kappa shape index (κ2) is 8.51. The molecule has 0 aromatic carbocycles.